The van der Waals surface area contributed by atoms with Gasteiger partial charge in [-0.1, -0.05) is 18.7 Å². The van der Waals surface area contributed by atoms with Crippen LogP contribution in [0.25, 0.3) is 0 Å². The minimum absolute atomic E-state index is 0.119. The zero-order valence-corrected chi connectivity index (χ0v) is 17.2. The summed E-state index contributed by atoms with van der Waals surface area (Å²) in [7, 11) is 0. The van der Waals surface area contributed by atoms with Crippen LogP contribution in [0.15, 0.2) is 11.5 Å². The first kappa shape index (κ1) is 19.7. The Bertz CT molecular complexity index is 846. The van der Waals surface area contributed by atoms with Crippen molar-refractivity contribution in [3.05, 3.63) is 22.3 Å². The molecule has 3 rings (SSSR count). The Morgan fingerprint density at radius 3 is 2.96 bits per heavy atom. The van der Waals surface area contributed by atoms with Crippen molar-refractivity contribution in [2.24, 2.45) is 5.92 Å². The zero-order valence-electron chi connectivity index (χ0n) is 15.5. The van der Waals surface area contributed by atoms with Gasteiger partial charge in [-0.25, -0.2) is 9.47 Å². The van der Waals surface area contributed by atoms with Crippen molar-refractivity contribution >= 4 is 40.0 Å². The lowest BCUT2D eigenvalue weighted by Crippen LogP contribution is -2.19. The van der Waals surface area contributed by atoms with Gasteiger partial charge in [0, 0.05) is 4.88 Å². The number of aromatic nitrogens is 3. The number of carbonyl (C=O) groups excluding carboxylic acids is 2. The van der Waals surface area contributed by atoms with Crippen LogP contribution in [0.4, 0.5) is 5.00 Å². The van der Waals surface area contributed by atoms with Crippen LogP contribution in [0.1, 0.15) is 48.0 Å². The van der Waals surface area contributed by atoms with Crippen LogP contribution >= 0.6 is 23.1 Å². The molecule has 8 nitrogen and oxygen atoms in total. The molecule has 0 saturated heterocycles. The standard InChI is InChI=1S/C17H23N5O3S2/c1-9(2)25-16(24)14-11-5-4-10(3)6-12(11)27-15(14)20-13(23)7-26-17-21-19-8-22(17)18/h8-10H,4-7,18H2,1-3H3,(H,20,23)/t10-/m1/s1. The molecule has 27 heavy (non-hydrogen) atoms. The number of nitrogens with two attached hydrogens (primary N) is 1. The Morgan fingerprint density at radius 2 is 2.30 bits per heavy atom. The Kier molecular flexibility index (Phi) is 6.05. The average molecular weight is 410 g/mol. The monoisotopic (exact) mass is 409 g/mol. The van der Waals surface area contributed by atoms with Gasteiger partial charge in [0.15, 0.2) is 0 Å². The number of thioether (sulfide) groups is 1. The Labute approximate surface area is 165 Å². The summed E-state index contributed by atoms with van der Waals surface area (Å²) >= 11 is 2.66. The predicted octanol–water partition coefficient (Wildman–Crippen LogP) is 2.47. The number of thiophene rings is 1. The van der Waals surface area contributed by atoms with Crippen molar-refractivity contribution in [2.75, 3.05) is 16.9 Å². The molecule has 0 aliphatic heterocycles. The number of carbonyl (C=O) groups is 2. The van der Waals surface area contributed by atoms with Gasteiger partial charge in [-0.3, -0.25) is 4.79 Å². The van der Waals surface area contributed by atoms with Crippen molar-refractivity contribution in [3.63, 3.8) is 0 Å². The lowest BCUT2D eigenvalue weighted by Gasteiger charge is -2.18. The molecule has 146 valence electrons. The Hall–Kier alpha value is -2.07. The van der Waals surface area contributed by atoms with Crippen LogP contribution < -0.4 is 11.2 Å². The summed E-state index contributed by atoms with van der Waals surface area (Å²) in [5.41, 5.74) is 1.53. The molecule has 0 radical (unpaired) electrons. The molecule has 2 aromatic heterocycles. The first-order chi connectivity index (χ1) is 12.8. The number of anilines is 1. The maximum Gasteiger partial charge on any atom is 0.341 e. The Balaban J connectivity index is 1.78. The van der Waals surface area contributed by atoms with Gasteiger partial charge in [0.1, 0.15) is 11.3 Å². The molecule has 2 aromatic rings. The molecule has 10 heteroatoms. The molecule has 0 bridgehead atoms. The number of hydrogen-bond donors (Lipinski definition) is 2. The summed E-state index contributed by atoms with van der Waals surface area (Å²) in [6.07, 6.45) is 3.93. The third kappa shape index (κ3) is 4.62. The number of fused-ring (bicyclic) bond motifs is 1. The molecule has 0 saturated carbocycles. The number of esters is 1. The van der Waals surface area contributed by atoms with Gasteiger partial charge in [0.05, 0.1) is 17.4 Å². The van der Waals surface area contributed by atoms with Gasteiger partial charge in [-0.2, -0.15) is 0 Å². The second kappa shape index (κ2) is 8.30. The van der Waals surface area contributed by atoms with Crippen LogP contribution in [0.5, 0.6) is 0 Å². The minimum atomic E-state index is -0.373. The second-order valence-electron chi connectivity index (χ2n) is 6.87. The maximum absolute atomic E-state index is 12.7. The number of nitrogens with one attached hydrogen (secondary N) is 1. The van der Waals surface area contributed by atoms with Crippen LogP contribution in [0.3, 0.4) is 0 Å². The highest BCUT2D eigenvalue weighted by molar-refractivity contribution is 7.99. The second-order valence-corrected chi connectivity index (χ2v) is 8.92. The summed E-state index contributed by atoms with van der Waals surface area (Å²) in [5, 5.41) is 11.4. The van der Waals surface area contributed by atoms with Gasteiger partial charge in [-0.05, 0) is 44.6 Å². The van der Waals surface area contributed by atoms with Gasteiger partial charge >= 0.3 is 5.97 Å². The van der Waals surface area contributed by atoms with E-state index in [1.165, 1.54) is 34.1 Å². The van der Waals surface area contributed by atoms with E-state index in [0.29, 0.717) is 21.6 Å². The molecule has 1 atom stereocenters. The number of ether oxygens (including phenoxy) is 1. The lowest BCUT2D eigenvalue weighted by atomic mass is 9.88. The summed E-state index contributed by atoms with van der Waals surface area (Å²) in [6.45, 7) is 5.83. The van der Waals surface area contributed by atoms with Gasteiger partial charge < -0.3 is 15.9 Å². The summed E-state index contributed by atoms with van der Waals surface area (Å²) in [4.78, 5) is 26.2. The highest BCUT2D eigenvalue weighted by Gasteiger charge is 2.29. The fraction of sp³-hybridized carbons (Fsp3) is 0.529. The average Bonchev–Trinajstić information content (AvgIpc) is 3.14. The van der Waals surface area contributed by atoms with E-state index in [0.717, 1.165) is 29.7 Å². The minimum Gasteiger partial charge on any atom is -0.459 e. The van der Waals surface area contributed by atoms with Crippen LogP contribution in [-0.4, -0.2) is 38.6 Å². The van der Waals surface area contributed by atoms with E-state index in [1.54, 1.807) is 0 Å². The normalized spacial score (nSPS) is 16.2. The smallest absolute Gasteiger partial charge is 0.341 e. The quantitative estimate of drug-likeness (QED) is 0.428. The SMILES string of the molecule is CC(C)OC(=O)c1c(NC(=O)CSc2nncn2N)sc2c1CC[C@@H](C)C2. The van der Waals surface area contributed by atoms with Crippen molar-refractivity contribution < 1.29 is 14.3 Å². The summed E-state index contributed by atoms with van der Waals surface area (Å²) in [6, 6.07) is 0. The molecule has 1 amide bonds. The number of nitrogen functional groups attached to an aromatic ring is 1. The van der Waals surface area contributed by atoms with Gasteiger partial charge in [0.2, 0.25) is 11.1 Å². The fourth-order valence-electron chi connectivity index (χ4n) is 2.96. The molecular weight excluding hydrogens is 386 g/mol. The Morgan fingerprint density at radius 1 is 1.52 bits per heavy atom. The van der Waals surface area contributed by atoms with E-state index < -0.39 is 0 Å². The predicted molar refractivity (Wildman–Crippen MR) is 106 cm³/mol. The number of hydrogen-bond acceptors (Lipinski definition) is 8. The maximum atomic E-state index is 12.7. The van der Waals surface area contributed by atoms with Crippen LogP contribution in [0, 0.1) is 5.92 Å². The van der Waals surface area contributed by atoms with E-state index >= 15 is 0 Å². The highest BCUT2D eigenvalue weighted by Crippen LogP contribution is 2.40. The number of rotatable bonds is 6. The first-order valence-electron chi connectivity index (χ1n) is 8.78. The molecule has 1 aliphatic rings. The number of amides is 1. The summed E-state index contributed by atoms with van der Waals surface area (Å²) in [5.74, 6) is 5.73. The molecule has 2 heterocycles. The summed E-state index contributed by atoms with van der Waals surface area (Å²) < 4.78 is 6.68. The van der Waals surface area contributed by atoms with E-state index in [2.05, 4.69) is 22.4 Å². The fourth-order valence-corrected chi connectivity index (χ4v) is 5.00. The van der Waals surface area contributed by atoms with Crippen molar-refractivity contribution in [1.29, 1.82) is 0 Å². The largest absolute Gasteiger partial charge is 0.459 e. The van der Waals surface area contributed by atoms with E-state index in [9.17, 15) is 9.59 Å². The van der Waals surface area contributed by atoms with E-state index in [1.807, 2.05) is 13.8 Å². The van der Waals surface area contributed by atoms with Gasteiger partial charge in [0.25, 0.3) is 0 Å². The van der Waals surface area contributed by atoms with Crippen LogP contribution in [0.2, 0.25) is 0 Å². The molecule has 1 aliphatic carbocycles. The van der Waals surface area contributed by atoms with Crippen molar-refractivity contribution in [2.45, 2.75) is 51.3 Å². The third-order valence-corrected chi connectivity index (χ3v) is 6.31. The molecular formula is C17H23N5O3S2. The van der Waals surface area contributed by atoms with E-state index in [4.69, 9.17) is 10.6 Å². The van der Waals surface area contributed by atoms with Crippen molar-refractivity contribution in [3.8, 4) is 0 Å². The van der Waals surface area contributed by atoms with Gasteiger partial charge in [-0.15, -0.1) is 21.5 Å². The topological polar surface area (TPSA) is 112 Å². The highest BCUT2D eigenvalue weighted by atomic mass is 32.2. The number of nitrogens with zero attached hydrogens (tertiary/aromatic N) is 3. The first-order valence-corrected chi connectivity index (χ1v) is 10.6. The zero-order chi connectivity index (χ0) is 19.6. The molecule has 0 aromatic carbocycles. The molecule has 0 unspecified atom stereocenters. The third-order valence-electron chi connectivity index (χ3n) is 4.18. The van der Waals surface area contributed by atoms with Crippen LogP contribution in [-0.2, 0) is 22.4 Å². The van der Waals surface area contributed by atoms with Crippen molar-refractivity contribution in [1.82, 2.24) is 14.9 Å². The molecule has 0 spiro atoms. The van der Waals surface area contributed by atoms with E-state index in [-0.39, 0.29) is 23.7 Å². The molecule has 0 fully saturated rings. The molecule has 3 N–H and O–H groups in total. The lowest BCUT2D eigenvalue weighted by molar-refractivity contribution is -0.113.